The molecule has 0 spiro atoms. The summed E-state index contributed by atoms with van der Waals surface area (Å²) in [7, 11) is 0. The van der Waals surface area contributed by atoms with E-state index in [0.29, 0.717) is 24.1 Å². The SMILES string of the molecule is CC(C)C1CN(C(=O)NCCCC(=O)O)CCS1. The van der Waals surface area contributed by atoms with Gasteiger partial charge in [0.25, 0.3) is 0 Å². The minimum Gasteiger partial charge on any atom is -0.481 e. The van der Waals surface area contributed by atoms with Crippen molar-refractivity contribution < 1.29 is 14.7 Å². The van der Waals surface area contributed by atoms with Gasteiger partial charge in [0.15, 0.2) is 0 Å². The molecule has 5 nitrogen and oxygen atoms in total. The van der Waals surface area contributed by atoms with E-state index in [1.165, 1.54) is 0 Å². The van der Waals surface area contributed by atoms with Crippen molar-refractivity contribution in [3.63, 3.8) is 0 Å². The molecule has 0 aromatic carbocycles. The topological polar surface area (TPSA) is 69.6 Å². The second kappa shape index (κ2) is 7.51. The Hall–Kier alpha value is -0.910. The molecule has 1 fully saturated rings. The summed E-state index contributed by atoms with van der Waals surface area (Å²) in [6.45, 7) is 6.34. The Bertz CT molecular complexity index is 297. The van der Waals surface area contributed by atoms with E-state index < -0.39 is 5.97 Å². The monoisotopic (exact) mass is 274 g/mol. The van der Waals surface area contributed by atoms with E-state index in [1.807, 2.05) is 16.7 Å². The zero-order chi connectivity index (χ0) is 13.5. The van der Waals surface area contributed by atoms with Crippen LogP contribution in [-0.4, -0.2) is 52.6 Å². The van der Waals surface area contributed by atoms with Crippen molar-refractivity contribution >= 4 is 23.8 Å². The second-order valence-corrected chi connectivity index (χ2v) is 6.18. The number of rotatable bonds is 5. The third kappa shape index (κ3) is 5.16. The highest BCUT2D eigenvalue weighted by Gasteiger charge is 2.25. The Morgan fingerprint density at radius 2 is 2.22 bits per heavy atom. The van der Waals surface area contributed by atoms with E-state index >= 15 is 0 Å². The average Bonchev–Trinajstić information content (AvgIpc) is 2.34. The normalized spacial score (nSPS) is 19.9. The van der Waals surface area contributed by atoms with Crippen LogP contribution in [0.25, 0.3) is 0 Å². The average molecular weight is 274 g/mol. The first-order valence-corrected chi connectivity index (χ1v) is 7.41. The number of nitrogens with zero attached hydrogens (tertiary/aromatic N) is 1. The first kappa shape index (κ1) is 15.1. The van der Waals surface area contributed by atoms with Gasteiger partial charge in [0.2, 0.25) is 0 Å². The van der Waals surface area contributed by atoms with Crippen molar-refractivity contribution in [2.75, 3.05) is 25.4 Å². The minimum atomic E-state index is -0.821. The number of carbonyl (C=O) groups excluding carboxylic acids is 1. The van der Waals surface area contributed by atoms with E-state index in [4.69, 9.17) is 5.11 Å². The number of carboxylic acid groups (broad SMARTS) is 1. The predicted octanol–water partition coefficient (Wildman–Crippen LogP) is 1.63. The molecule has 0 bridgehead atoms. The Morgan fingerprint density at radius 1 is 1.50 bits per heavy atom. The summed E-state index contributed by atoms with van der Waals surface area (Å²) < 4.78 is 0. The van der Waals surface area contributed by atoms with Crippen molar-refractivity contribution in [1.29, 1.82) is 0 Å². The fourth-order valence-corrected chi connectivity index (χ4v) is 3.11. The highest BCUT2D eigenvalue weighted by Crippen LogP contribution is 2.24. The summed E-state index contributed by atoms with van der Waals surface area (Å²) in [5.74, 6) is 0.724. The van der Waals surface area contributed by atoms with Crippen LogP contribution in [0.5, 0.6) is 0 Å². The van der Waals surface area contributed by atoms with Gasteiger partial charge >= 0.3 is 12.0 Å². The van der Waals surface area contributed by atoms with Crippen LogP contribution in [0, 0.1) is 5.92 Å². The summed E-state index contributed by atoms with van der Waals surface area (Å²) in [4.78, 5) is 24.0. The molecule has 0 aromatic rings. The molecule has 1 aliphatic heterocycles. The lowest BCUT2D eigenvalue weighted by atomic mass is 10.1. The maximum absolute atomic E-state index is 11.9. The standard InChI is InChI=1S/C12H22N2O3S/c1-9(2)10-8-14(6-7-18-10)12(17)13-5-3-4-11(15)16/h9-10H,3-8H2,1-2H3,(H,13,17)(H,15,16). The molecule has 1 atom stereocenters. The molecule has 2 N–H and O–H groups in total. The van der Waals surface area contributed by atoms with Crippen LogP contribution >= 0.6 is 11.8 Å². The molecule has 1 aliphatic rings. The Labute approximate surface area is 112 Å². The third-order valence-corrected chi connectivity index (χ3v) is 4.51. The Morgan fingerprint density at radius 3 is 2.83 bits per heavy atom. The molecular formula is C12H22N2O3S. The summed E-state index contributed by atoms with van der Waals surface area (Å²) in [6.07, 6.45) is 0.585. The molecule has 1 heterocycles. The summed E-state index contributed by atoms with van der Waals surface area (Å²) >= 11 is 1.93. The zero-order valence-electron chi connectivity index (χ0n) is 11.0. The number of hydrogen-bond acceptors (Lipinski definition) is 3. The van der Waals surface area contributed by atoms with Gasteiger partial charge in [-0.05, 0) is 12.3 Å². The van der Waals surface area contributed by atoms with Crippen LogP contribution in [0.3, 0.4) is 0 Å². The van der Waals surface area contributed by atoms with Gasteiger partial charge in [-0.25, -0.2) is 4.79 Å². The Balaban J connectivity index is 2.26. The fraction of sp³-hybridized carbons (Fsp3) is 0.833. The van der Waals surface area contributed by atoms with Crippen LogP contribution in [0.2, 0.25) is 0 Å². The number of amides is 2. The van der Waals surface area contributed by atoms with Gasteiger partial charge in [0, 0.05) is 37.1 Å². The van der Waals surface area contributed by atoms with Crippen LogP contribution in [-0.2, 0) is 4.79 Å². The molecule has 104 valence electrons. The van der Waals surface area contributed by atoms with Gasteiger partial charge in [0.1, 0.15) is 0 Å². The number of aliphatic carboxylic acids is 1. The van der Waals surface area contributed by atoms with Gasteiger partial charge in [0.05, 0.1) is 0 Å². The number of hydrogen-bond donors (Lipinski definition) is 2. The van der Waals surface area contributed by atoms with E-state index in [2.05, 4.69) is 19.2 Å². The second-order valence-electron chi connectivity index (χ2n) is 4.83. The molecule has 1 rings (SSSR count). The Kier molecular flexibility index (Phi) is 6.32. The minimum absolute atomic E-state index is 0.0636. The molecular weight excluding hydrogens is 252 g/mol. The van der Waals surface area contributed by atoms with E-state index in [-0.39, 0.29) is 12.5 Å². The molecule has 2 amide bonds. The van der Waals surface area contributed by atoms with E-state index in [1.54, 1.807) is 0 Å². The maximum atomic E-state index is 11.9. The van der Waals surface area contributed by atoms with Crippen LogP contribution in [0.15, 0.2) is 0 Å². The van der Waals surface area contributed by atoms with Crippen molar-refractivity contribution in [3.05, 3.63) is 0 Å². The predicted molar refractivity (Wildman–Crippen MR) is 72.9 cm³/mol. The summed E-state index contributed by atoms with van der Waals surface area (Å²) in [5, 5.41) is 11.8. The van der Waals surface area contributed by atoms with Crippen molar-refractivity contribution in [3.8, 4) is 0 Å². The van der Waals surface area contributed by atoms with E-state index in [0.717, 1.165) is 18.8 Å². The van der Waals surface area contributed by atoms with Crippen molar-refractivity contribution in [2.45, 2.75) is 31.9 Å². The quantitative estimate of drug-likeness (QED) is 0.748. The molecule has 1 unspecified atom stereocenters. The lowest BCUT2D eigenvalue weighted by Gasteiger charge is -2.34. The molecule has 0 radical (unpaired) electrons. The molecule has 0 aliphatic carbocycles. The molecule has 1 saturated heterocycles. The first-order chi connectivity index (χ1) is 8.50. The molecule has 0 aromatic heterocycles. The number of thioether (sulfide) groups is 1. The number of carboxylic acids is 1. The number of urea groups is 1. The van der Waals surface area contributed by atoms with Gasteiger partial charge in [-0.15, -0.1) is 0 Å². The third-order valence-electron chi connectivity index (χ3n) is 2.97. The van der Waals surface area contributed by atoms with Gasteiger partial charge in [-0.3, -0.25) is 4.79 Å². The molecule has 18 heavy (non-hydrogen) atoms. The van der Waals surface area contributed by atoms with Crippen LogP contribution in [0.1, 0.15) is 26.7 Å². The van der Waals surface area contributed by atoms with Crippen LogP contribution < -0.4 is 5.32 Å². The maximum Gasteiger partial charge on any atom is 0.317 e. The highest BCUT2D eigenvalue weighted by atomic mass is 32.2. The molecule has 0 saturated carbocycles. The van der Waals surface area contributed by atoms with Crippen LogP contribution in [0.4, 0.5) is 4.79 Å². The van der Waals surface area contributed by atoms with Gasteiger partial charge in [-0.1, -0.05) is 13.8 Å². The number of carbonyl (C=O) groups is 2. The zero-order valence-corrected chi connectivity index (χ0v) is 11.8. The lowest BCUT2D eigenvalue weighted by molar-refractivity contribution is -0.137. The van der Waals surface area contributed by atoms with E-state index in [9.17, 15) is 9.59 Å². The largest absolute Gasteiger partial charge is 0.481 e. The van der Waals surface area contributed by atoms with Crippen molar-refractivity contribution in [2.24, 2.45) is 5.92 Å². The summed E-state index contributed by atoms with van der Waals surface area (Å²) in [6, 6.07) is -0.0636. The van der Waals surface area contributed by atoms with Gasteiger partial charge < -0.3 is 15.3 Å². The smallest absolute Gasteiger partial charge is 0.317 e. The first-order valence-electron chi connectivity index (χ1n) is 6.37. The van der Waals surface area contributed by atoms with Gasteiger partial charge in [-0.2, -0.15) is 11.8 Å². The summed E-state index contributed by atoms with van der Waals surface area (Å²) in [5.41, 5.74) is 0. The molecule has 6 heteroatoms. The van der Waals surface area contributed by atoms with Crippen molar-refractivity contribution in [1.82, 2.24) is 10.2 Å². The lowest BCUT2D eigenvalue weighted by Crippen LogP contribution is -2.48. The number of nitrogens with one attached hydrogen (secondary N) is 1. The fourth-order valence-electron chi connectivity index (χ4n) is 1.81. The highest BCUT2D eigenvalue weighted by molar-refractivity contribution is 8.00.